The normalized spacial score (nSPS) is 22.1. The van der Waals surface area contributed by atoms with E-state index in [2.05, 4.69) is 11.7 Å². The van der Waals surface area contributed by atoms with E-state index in [9.17, 15) is 26.7 Å². The third kappa shape index (κ3) is 4.58. The Balaban J connectivity index is 1.93. The van der Waals surface area contributed by atoms with Gasteiger partial charge in [0.25, 0.3) is 0 Å². The summed E-state index contributed by atoms with van der Waals surface area (Å²) in [5, 5.41) is 0. The van der Waals surface area contributed by atoms with E-state index < -0.39 is 24.0 Å². The molecule has 0 N–H and O–H groups in total. The maximum atomic E-state index is 12.8. The molecule has 2 rings (SSSR count). The minimum absolute atomic E-state index is 0.0706. The molecule has 3 nitrogen and oxygen atoms in total. The summed E-state index contributed by atoms with van der Waals surface area (Å²) in [4.78, 5) is 12.0. The van der Waals surface area contributed by atoms with Crippen molar-refractivity contribution in [3.63, 3.8) is 0 Å². The maximum Gasteiger partial charge on any atom is 0.499 e. The molecule has 1 aromatic carbocycles. The molecular formula is C16H17F5O3. The van der Waals surface area contributed by atoms with Crippen molar-refractivity contribution < 1.29 is 36.2 Å². The van der Waals surface area contributed by atoms with Gasteiger partial charge in [0.1, 0.15) is 11.5 Å². The highest BCUT2D eigenvalue weighted by atomic mass is 19.4. The van der Waals surface area contributed by atoms with Gasteiger partial charge in [-0.05, 0) is 55.9 Å². The fourth-order valence-corrected chi connectivity index (χ4v) is 2.48. The van der Waals surface area contributed by atoms with Gasteiger partial charge in [-0.1, -0.05) is 6.92 Å². The Morgan fingerprint density at radius 3 is 1.96 bits per heavy atom. The van der Waals surface area contributed by atoms with Gasteiger partial charge in [-0.3, -0.25) is 4.79 Å². The lowest BCUT2D eigenvalue weighted by Crippen LogP contribution is -2.41. The summed E-state index contributed by atoms with van der Waals surface area (Å²) >= 11 is 0. The van der Waals surface area contributed by atoms with E-state index in [-0.39, 0.29) is 11.7 Å². The smallest absolute Gasteiger partial charge is 0.426 e. The van der Waals surface area contributed by atoms with Crippen LogP contribution >= 0.6 is 0 Å². The van der Waals surface area contributed by atoms with Crippen LogP contribution < -0.4 is 9.47 Å². The Morgan fingerprint density at radius 1 is 0.958 bits per heavy atom. The second-order valence-electron chi connectivity index (χ2n) is 5.97. The average Bonchev–Trinajstić information content (AvgIpc) is 2.48. The minimum atomic E-state index is -5.81. The van der Waals surface area contributed by atoms with Crippen molar-refractivity contribution in [2.24, 2.45) is 11.8 Å². The van der Waals surface area contributed by atoms with E-state index in [0.717, 1.165) is 49.9 Å². The van der Waals surface area contributed by atoms with Crippen LogP contribution in [0.4, 0.5) is 22.0 Å². The van der Waals surface area contributed by atoms with Gasteiger partial charge in [0, 0.05) is 0 Å². The first-order chi connectivity index (χ1) is 11.1. The molecule has 134 valence electrons. The molecule has 0 aromatic heterocycles. The number of hydrogen-bond acceptors (Lipinski definition) is 3. The summed E-state index contributed by atoms with van der Waals surface area (Å²) in [5.74, 6) is -0.673. The van der Waals surface area contributed by atoms with Crippen molar-refractivity contribution in [3.05, 3.63) is 24.3 Å². The van der Waals surface area contributed by atoms with Crippen LogP contribution in [0, 0.1) is 11.8 Å². The van der Waals surface area contributed by atoms with Gasteiger partial charge in [-0.15, -0.1) is 0 Å². The van der Waals surface area contributed by atoms with Crippen LogP contribution in [0.3, 0.4) is 0 Å². The van der Waals surface area contributed by atoms with Gasteiger partial charge in [0.2, 0.25) is 0 Å². The summed E-state index contributed by atoms with van der Waals surface area (Å²) in [6, 6.07) is 4.02. The lowest BCUT2D eigenvalue weighted by atomic mass is 9.83. The highest BCUT2D eigenvalue weighted by Crippen LogP contribution is 2.37. The molecule has 1 fully saturated rings. The molecular weight excluding hydrogens is 335 g/mol. The van der Waals surface area contributed by atoms with E-state index in [0.29, 0.717) is 5.92 Å². The number of ether oxygens (including phenoxy) is 2. The van der Waals surface area contributed by atoms with E-state index in [1.165, 1.54) is 0 Å². The van der Waals surface area contributed by atoms with Crippen LogP contribution in [-0.4, -0.2) is 18.3 Å². The fourth-order valence-electron chi connectivity index (χ4n) is 2.48. The van der Waals surface area contributed by atoms with E-state index in [1.807, 2.05) is 0 Å². The molecule has 0 atom stereocenters. The van der Waals surface area contributed by atoms with Crippen molar-refractivity contribution in [2.75, 3.05) is 0 Å². The Morgan fingerprint density at radius 2 is 1.46 bits per heavy atom. The SMILES string of the molecule is C[C@H]1CC[C@H](C(=O)Oc2ccc(OC(F)(F)C(F)(F)F)cc2)CC1. The molecule has 0 bridgehead atoms. The van der Waals surface area contributed by atoms with Crippen LogP contribution in [0.25, 0.3) is 0 Å². The predicted octanol–water partition coefficient (Wildman–Crippen LogP) is 4.95. The average molecular weight is 352 g/mol. The van der Waals surface area contributed by atoms with Gasteiger partial charge < -0.3 is 9.47 Å². The lowest BCUT2D eigenvalue weighted by Gasteiger charge is -2.24. The topological polar surface area (TPSA) is 35.5 Å². The number of carbonyl (C=O) groups is 1. The Kier molecular flexibility index (Phi) is 5.35. The number of carbonyl (C=O) groups excluding carboxylic acids is 1. The van der Waals surface area contributed by atoms with Gasteiger partial charge in [0.15, 0.2) is 0 Å². The lowest BCUT2D eigenvalue weighted by molar-refractivity contribution is -0.360. The first-order valence-corrected chi connectivity index (χ1v) is 7.54. The largest absolute Gasteiger partial charge is 0.499 e. The number of esters is 1. The standard InChI is InChI=1S/C16H17F5O3/c1-10-2-4-11(5-3-10)14(22)23-12-6-8-13(9-7-12)24-16(20,21)15(17,18)19/h6-11H,2-5H2,1H3/t10-,11-. The van der Waals surface area contributed by atoms with Crippen molar-refractivity contribution in [1.29, 1.82) is 0 Å². The molecule has 1 aliphatic rings. The molecule has 0 unspecified atom stereocenters. The number of alkyl halides is 5. The van der Waals surface area contributed by atoms with Crippen molar-refractivity contribution in [1.82, 2.24) is 0 Å². The fraction of sp³-hybridized carbons (Fsp3) is 0.562. The molecule has 0 aliphatic heterocycles. The van der Waals surface area contributed by atoms with Gasteiger partial charge in [-0.2, -0.15) is 22.0 Å². The van der Waals surface area contributed by atoms with Crippen LogP contribution in [0.15, 0.2) is 24.3 Å². The van der Waals surface area contributed by atoms with E-state index in [4.69, 9.17) is 4.74 Å². The molecule has 0 saturated heterocycles. The molecule has 1 saturated carbocycles. The summed E-state index contributed by atoms with van der Waals surface area (Å²) < 4.78 is 70.5. The van der Waals surface area contributed by atoms with Crippen molar-refractivity contribution in [3.8, 4) is 11.5 Å². The third-order valence-corrected chi connectivity index (χ3v) is 3.97. The predicted molar refractivity (Wildman–Crippen MR) is 74.8 cm³/mol. The van der Waals surface area contributed by atoms with Crippen LogP contribution in [0.2, 0.25) is 0 Å². The van der Waals surface area contributed by atoms with Crippen LogP contribution in [0.5, 0.6) is 11.5 Å². The summed E-state index contributed by atoms with van der Waals surface area (Å²) in [7, 11) is 0. The molecule has 0 heterocycles. The molecule has 8 heteroatoms. The van der Waals surface area contributed by atoms with Crippen molar-refractivity contribution in [2.45, 2.75) is 44.9 Å². The van der Waals surface area contributed by atoms with Gasteiger partial charge >= 0.3 is 18.3 Å². The Hall–Kier alpha value is -1.86. The molecule has 1 aliphatic carbocycles. The first kappa shape index (κ1) is 18.5. The summed E-state index contributed by atoms with van der Waals surface area (Å²) in [6.07, 6.45) is -7.80. The quantitative estimate of drug-likeness (QED) is 0.437. The second-order valence-corrected chi connectivity index (χ2v) is 5.97. The van der Waals surface area contributed by atoms with E-state index >= 15 is 0 Å². The summed E-state index contributed by atoms with van der Waals surface area (Å²) in [6.45, 7) is 2.11. The first-order valence-electron chi connectivity index (χ1n) is 7.54. The Labute approximate surface area is 135 Å². The highest BCUT2D eigenvalue weighted by Gasteiger charge is 2.61. The zero-order chi connectivity index (χ0) is 18.0. The monoisotopic (exact) mass is 352 g/mol. The summed E-state index contributed by atoms with van der Waals surface area (Å²) in [5.41, 5.74) is 0. The number of benzene rings is 1. The third-order valence-electron chi connectivity index (χ3n) is 3.97. The number of halogens is 5. The van der Waals surface area contributed by atoms with Crippen LogP contribution in [0.1, 0.15) is 32.6 Å². The highest BCUT2D eigenvalue weighted by molar-refractivity contribution is 5.75. The number of hydrogen-bond donors (Lipinski definition) is 0. The number of rotatable bonds is 4. The maximum absolute atomic E-state index is 12.8. The molecule has 24 heavy (non-hydrogen) atoms. The molecule has 0 radical (unpaired) electrons. The molecule has 0 spiro atoms. The molecule has 0 amide bonds. The van der Waals surface area contributed by atoms with Crippen molar-refractivity contribution >= 4 is 5.97 Å². The zero-order valence-corrected chi connectivity index (χ0v) is 12.9. The zero-order valence-electron chi connectivity index (χ0n) is 12.9. The minimum Gasteiger partial charge on any atom is -0.426 e. The molecule has 1 aromatic rings. The van der Waals surface area contributed by atoms with Gasteiger partial charge in [-0.25, -0.2) is 0 Å². The second kappa shape index (κ2) is 6.94. The van der Waals surface area contributed by atoms with Crippen LogP contribution in [-0.2, 0) is 4.79 Å². The van der Waals surface area contributed by atoms with Gasteiger partial charge in [0.05, 0.1) is 5.92 Å². The van der Waals surface area contributed by atoms with E-state index in [1.54, 1.807) is 0 Å². The Bertz CT molecular complexity index is 560.